The lowest BCUT2D eigenvalue weighted by molar-refractivity contribution is -0.135. The SMILES string of the molecule is O=C(N1CCC[C@@H](c2ccncn2)C1)C1(c2ccccc2F)CC1. The number of halogens is 1. The molecule has 1 saturated heterocycles. The summed E-state index contributed by atoms with van der Waals surface area (Å²) < 4.78 is 14.2. The number of piperidine rings is 1. The van der Waals surface area contributed by atoms with Crippen LogP contribution in [-0.2, 0) is 10.2 Å². The zero-order valence-corrected chi connectivity index (χ0v) is 13.5. The van der Waals surface area contributed by atoms with Crippen LogP contribution in [0.3, 0.4) is 0 Å². The van der Waals surface area contributed by atoms with Crippen molar-refractivity contribution in [3.05, 3.63) is 59.9 Å². The highest BCUT2D eigenvalue weighted by Gasteiger charge is 2.54. The first-order valence-electron chi connectivity index (χ1n) is 8.51. The first-order valence-corrected chi connectivity index (χ1v) is 8.51. The summed E-state index contributed by atoms with van der Waals surface area (Å²) in [4.78, 5) is 23.3. The lowest BCUT2D eigenvalue weighted by Crippen LogP contribution is -2.44. The molecule has 0 N–H and O–H groups in total. The number of carbonyl (C=O) groups is 1. The van der Waals surface area contributed by atoms with Crippen LogP contribution in [0.25, 0.3) is 0 Å². The molecule has 1 saturated carbocycles. The Morgan fingerprint density at radius 3 is 2.79 bits per heavy atom. The van der Waals surface area contributed by atoms with Crippen LogP contribution in [-0.4, -0.2) is 33.9 Å². The van der Waals surface area contributed by atoms with Gasteiger partial charge in [0.15, 0.2) is 0 Å². The van der Waals surface area contributed by atoms with Crippen LogP contribution in [0.2, 0.25) is 0 Å². The molecule has 0 unspecified atom stereocenters. The van der Waals surface area contributed by atoms with Crippen molar-refractivity contribution in [2.75, 3.05) is 13.1 Å². The molecule has 1 aromatic carbocycles. The molecule has 1 amide bonds. The predicted molar refractivity (Wildman–Crippen MR) is 87.9 cm³/mol. The quantitative estimate of drug-likeness (QED) is 0.871. The molecular weight excluding hydrogens is 305 g/mol. The number of likely N-dealkylation sites (tertiary alicyclic amines) is 1. The number of aromatic nitrogens is 2. The monoisotopic (exact) mass is 325 g/mol. The predicted octanol–water partition coefficient (Wildman–Crippen LogP) is 3.05. The van der Waals surface area contributed by atoms with Crippen molar-refractivity contribution in [2.45, 2.75) is 37.0 Å². The van der Waals surface area contributed by atoms with E-state index < -0.39 is 5.41 Å². The second-order valence-corrected chi connectivity index (χ2v) is 6.79. The van der Waals surface area contributed by atoms with E-state index in [4.69, 9.17) is 0 Å². The largest absolute Gasteiger partial charge is 0.341 e. The Hall–Kier alpha value is -2.30. The van der Waals surface area contributed by atoms with Gasteiger partial charge in [-0.25, -0.2) is 14.4 Å². The van der Waals surface area contributed by atoms with Crippen molar-refractivity contribution in [3.63, 3.8) is 0 Å². The van der Waals surface area contributed by atoms with Gasteiger partial charge in [-0.1, -0.05) is 18.2 Å². The normalized spacial score (nSPS) is 22.2. The molecule has 1 aliphatic heterocycles. The summed E-state index contributed by atoms with van der Waals surface area (Å²) in [5.41, 5.74) is 0.899. The molecule has 2 fully saturated rings. The summed E-state index contributed by atoms with van der Waals surface area (Å²) in [5.74, 6) is 0.0428. The van der Waals surface area contributed by atoms with Crippen molar-refractivity contribution < 1.29 is 9.18 Å². The molecular formula is C19H20FN3O. The maximum atomic E-state index is 14.2. The van der Waals surface area contributed by atoms with Crippen molar-refractivity contribution in [1.82, 2.24) is 14.9 Å². The van der Waals surface area contributed by atoms with Gasteiger partial charge in [0.25, 0.3) is 0 Å². The van der Waals surface area contributed by atoms with Gasteiger partial charge in [-0.05, 0) is 37.8 Å². The molecule has 4 rings (SSSR count). The maximum absolute atomic E-state index is 14.2. The molecule has 124 valence electrons. The van der Waals surface area contributed by atoms with Crippen molar-refractivity contribution in [3.8, 4) is 0 Å². The van der Waals surface area contributed by atoms with E-state index in [2.05, 4.69) is 9.97 Å². The molecule has 2 aromatic rings. The van der Waals surface area contributed by atoms with Crippen LogP contribution in [0.1, 0.15) is 42.9 Å². The third kappa shape index (κ3) is 2.58. The zero-order chi connectivity index (χ0) is 16.6. The average Bonchev–Trinajstić information content (AvgIpc) is 3.44. The van der Waals surface area contributed by atoms with Gasteiger partial charge < -0.3 is 4.90 Å². The van der Waals surface area contributed by atoms with E-state index >= 15 is 0 Å². The second-order valence-electron chi connectivity index (χ2n) is 6.79. The van der Waals surface area contributed by atoms with Gasteiger partial charge in [0.05, 0.1) is 5.41 Å². The van der Waals surface area contributed by atoms with Crippen LogP contribution in [0.15, 0.2) is 42.9 Å². The Bertz CT molecular complexity index is 745. The average molecular weight is 325 g/mol. The van der Waals surface area contributed by atoms with E-state index in [0.29, 0.717) is 12.1 Å². The molecule has 0 radical (unpaired) electrons. The Morgan fingerprint density at radius 1 is 1.25 bits per heavy atom. The fourth-order valence-corrected chi connectivity index (χ4v) is 3.82. The number of hydrogen-bond donors (Lipinski definition) is 0. The number of rotatable bonds is 3. The first-order chi connectivity index (χ1) is 11.7. The minimum atomic E-state index is -0.640. The topological polar surface area (TPSA) is 46.1 Å². The highest BCUT2D eigenvalue weighted by atomic mass is 19.1. The van der Waals surface area contributed by atoms with Crippen LogP contribution >= 0.6 is 0 Å². The maximum Gasteiger partial charge on any atom is 0.233 e. The second kappa shape index (κ2) is 5.96. The Balaban J connectivity index is 1.55. The molecule has 0 spiro atoms. The van der Waals surface area contributed by atoms with Crippen LogP contribution in [0, 0.1) is 5.82 Å². The summed E-state index contributed by atoms with van der Waals surface area (Å²) in [7, 11) is 0. The van der Waals surface area contributed by atoms with Gasteiger partial charge in [-0.3, -0.25) is 4.79 Å². The number of carbonyl (C=O) groups excluding carboxylic acids is 1. The van der Waals surface area contributed by atoms with Gasteiger partial charge in [-0.2, -0.15) is 0 Å². The minimum Gasteiger partial charge on any atom is -0.341 e. The van der Waals surface area contributed by atoms with Gasteiger partial charge in [0, 0.05) is 36.5 Å². The van der Waals surface area contributed by atoms with Gasteiger partial charge >= 0.3 is 0 Å². The molecule has 24 heavy (non-hydrogen) atoms. The number of hydrogen-bond acceptors (Lipinski definition) is 3. The summed E-state index contributed by atoms with van der Waals surface area (Å²) >= 11 is 0. The highest BCUT2D eigenvalue weighted by molar-refractivity contribution is 5.91. The minimum absolute atomic E-state index is 0.0753. The van der Waals surface area contributed by atoms with E-state index in [1.54, 1.807) is 24.7 Å². The highest BCUT2D eigenvalue weighted by Crippen LogP contribution is 2.51. The molecule has 1 atom stereocenters. The number of nitrogens with zero attached hydrogens (tertiary/aromatic N) is 3. The molecule has 1 aliphatic carbocycles. The summed E-state index contributed by atoms with van der Waals surface area (Å²) in [6.45, 7) is 1.41. The lowest BCUT2D eigenvalue weighted by atomic mass is 9.90. The lowest BCUT2D eigenvalue weighted by Gasteiger charge is -2.35. The van der Waals surface area contributed by atoms with Crippen molar-refractivity contribution in [2.24, 2.45) is 0 Å². The fourth-order valence-electron chi connectivity index (χ4n) is 3.82. The van der Waals surface area contributed by atoms with E-state index in [1.807, 2.05) is 17.0 Å². The smallest absolute Gasteiger partial charge is 0.233 e. The Morgan fingerprint density at radius 2 is 2.08 bits per heavy atom. The van der Waals surface area contributed by atoms with E-state index in [-0.39, 0.29) is 17.6 Å². The Labute approximate surface area is 140 Å². The third-order valence-corrected chi connectivity index (χ3v) is 5.28. The van der Waals surface area contributed by atoms with Crippen LogP contribution in [0.4, 0.5) is 4.39 Å². The molecule has 2 heterocycles. The molecule has 5 heteroatoms. The van der Waals surface area contributed by atoms with Gasteiger partial charge in [0.1, 0.15) is 12.1 Å². The van der Waals surface area contributed by atoms with E-state index in [0.717, 1.165) is 37.9 Å². The summed E-state index contributed by atoms with van der Waals surface area (Å²) in [6, 6.07) is 8.61. The zero-order valence-electron chi connectivity index (χ0n) is 13.5. The number of amides is 1. The summed E-state index contributed by atoms with van der Waals surface area (Å²) in [5, 5.41) is 0. The van der Waals surface area contributed by atoms with Gasteiger partial charge in [0.2, 0.25) is 5.91 Å². The van der Waals surface area contributed by atoms with Crippen molar-refractivity contribution >= 4 is 5.91 Å². The van der Waals surface area contributed by atoms with Crippen molar-refractivity contribution in [1.29, 1.82) is 0 Å². The number of benzene rings is 1. The molecule has 2 aliphatic rings. The summed E-state index contributed by atoms with van der Waals surface area (Å²) in [6.07, 6.45) is 6.74. The first kappa shape index (κ1) is 15.2. The van der Waals surface area contributed by atoms with Crippen LogP contribution in [0.5, 0.6) is 0 Å². The molecule has 0 bridgehead atoms. The fraction of sp³-hybridized carbons (Fsp3) is 0.421. The molecule has 1 aromatic heterocycles. The molecule has 4 nitrogen and oxygen atoms in total. The standard InChI is InChI=1S/C19H20FN3O/c20-16-6-2-1-5-15(16)19(8-9-19)18(24)23-11-3-4-14(12-23)17-7-10-21-13-22-17/h1-2,5-7,10,13-14H,3-4,8-9,11-12H2/t14-/m1/s1. The van der Waals surface area contributed by atoms with E-state index in [1.165, 1.54) is 6.07 Å². The third-order valence-electron chi connectivity index (χ3n) is 5.28. The van der Waals surface area contributed by atoms with Crippen LogP contribution < -0.4 is 0 Å². The van der Waals surface area contributed by atoms with E-state index in [9.17, 15) is 9.18 Å². The Kier molecular flexibility index (Phi) is 3.79. The van der Waals surface area contributed by atoms with Gasteiger partial charge in [-0.15, -0.1) is 0 Å².